The molecule has 2 aromatic rings. The zero-order valence-electron chi connectivity index (χ0n) is 16.7. The second-order valence-electron chi connectivity index (χ2n) is 7.96. The molecule has 1 atom stereocenters. The highest BCUT2D eigenvalue weighted by atomic mass is 16.2. The predicted octanol–water partition coefficient (Wildman–Crippen LogP) is 4.00. The highest BCUT2D eigenvalue weighted by Gasteiger charge is 2.52. The Bertz CT molecular complexity index is 954. The molecule has 29 heavy (non-hydrogen) atoms. The van der Waals surface area contributed by atoms with Crippen molar-refractivity contribution in [2.75, 3.05) is 6.54 Å². The Morgan fingerprint density at radius 2 is 1.83 bits per heavy atom. The van der Waals surface area contributed by atoms with E-state index in [1.54, 1.807) is 0 Å². The van der Waals surface area contributed by atoms with Gasteiger partial charge in [0, 0.05) is 5.56 Å². The summed E-state index contributed by atoms with van der Waals surface area (Å²) in [7, 11) is 0. The third kappa shape index (κ3) is 3.46. The van der Waals surface area contributed by atoms with Gasteiger partial charge in [0.15, 0.2) is 5.78 Å². The van der Waals surface area contributed by atoms with Crippen LogP contribution in [0.5, 0.6) is 0 Å². The molecule has 3 amide bonds. The van der Waals surface area contributed by atoms with Crippen molar-refractivity contribution in [1.29, 1.82) is 0 Å². The van der Waals surface area contributed by atoms with Gasteiger partial charge in [-0.2, -0.15) is 0 Å². The first-order valence-electron chi connectivity index (χ1n) is 10.4. The molecule has 5 heteroatoms. The summed E-state index contributed by atoms with van der Waals surface area (Å²) in [5, 5.41) is 2.90. The number of hydrogen-bond acceptors (Lipinski definition) is 3. The standard InChI is InChI=1S/C24H26N2O3/c1-2-3-14-24(20-10-5-4-6-11-20)22(28)26(23(29)25-24)16-21(27)19-13-12-17-8-7-9-18(17)15-19/h4-6,10-13,15H,2-3,7-9,14,16H2,1H3,(H,25,29). The molecule has 2 aliphatic rings. The third-order valence-corrected chi connectivity index (χ3v) is 6.07. The lowest BCUT2D eigenvalue weighted by Gasteiger charge is -2.27. The van der Waals surface area contributed by atoms with Crippen LogP contribution >= 0.6 is 0 Å². The second-order valence-corrected chi connectivity index (χ2v) is 7.96. The van der Waals surface area contributed by atoms with Crippen molar-refractivity contribution in [3.63, 3.8) is 0 Å². The zero-order valence-corrected chi connectivity index (χ0v) is 16.7. The molecule has 1 saturated heterocycles. The second kappa shape index (κ2) is 7.82. The van der Waals surface area contributed by atoms with E-state index < -0.39 is 11.6 Å². The van der Waals surface area contributed by atoms with E-state index in [2.05, 4.69) is 12.2 Å². The normalized spacial score (nSPS) is 20.7. The lowest BCUT2D eigenvalue weighted by Crippen LogP contribution is -2.44. The summed E-state index contributed by atoms with van der Waals surface area (Å²) in [6.45, 7) is 1.82. The van der Waals surface area contributed by atoms with Gasteiger partial charge in [-0.15, -0.1) is 0 Å². The van der Waals surface area contributed by atoms with Crippen molar-refractivity contribution >= 4 is 17.7 Å². The summed E-state index contributed by atoms with van der Waals surface area (Å²) in [5.41, 5.74) is 2.73. The van der Waals surface area contributed by atoms with Gasteiger partial charge in [0.1, 0.15) is 5.54 Å². The van der Waals surface area contributed by atoms with E-state index in [1.165, 1.54) is 11.1 Å². The Morgan fingerprint density at radius 1 is 1.07 bits per heavy atom. The van der Waals surface area contributed by atoms with E-state index in [0.29, 0.717) is 12.0 Å². The van der Waals surface area contributed by atoms with Crippen molar-refractivity contribution in [3.8, 4) is 0 Å². The average Bonchev–Trinajstić information content (AvgIpc) is 3.31. The number of amides is 3. The number of hydrogen-bond donors (Lipinski definition) is 1. The number of ketones is 1. The van der Waals surface area contributed by atoms with Gasteiger partial charge >= 0.3 is 6.03 Å². The van der Waals surface area contributed by atoms with Crippen molar-refractivity contribution in [3.05, 3.63) is 70.8 Å². The van der Waals surface area contributed by atoms with Gasteiger partial charge in [-0.3, -0.25) is 14.5 Å². The molecule has 1 heterocycles. The van der Waals surface area contributed by atoms with E-state index in [-0.39, 0.29) is 18.2 Å². The molecule has 1 aliphatic carbocycles. The highest BCUT2D eigenvalue weighted by molar-refractivity contribution is 6.11. The predicted molar refractivity (Wildman–Crippen MR) is 111 cm³/mol. The van der Waals surface area contributed by atoms with Crippen LogP contribution in [0.1, 0.15) is 59.7 Å². The SMILES string of the molecule is CCCCC1(c2ccccc2)NC(=O)N(CC(=O)c2ccc3c(c2)CCC3)C1=O. The van der Waals surface area contributed by atoms with Gasteiger partial charge in [0.2, 0.25) is 0 Å². The van der Waals surface area contributed by atoms with Crippen LogP contribution in [0.4, 0.5) is 4.79 Å². The maximum Gasteiger partial charge on any atom is 0.325 e. The maximum absolute atomic E-state index is 13.4. The summed E-state index contributed by atoms with van der Waals surface area (Å²) in [4.78, 5) is 40.1. The van der Waals surface area contributed by atoms with Crippen LogP contribution in [0.3, 0.4) is 0 Å². The summed E-state index contributed by atoms with van der Waals surface area (Å²) in [6, 6.07) is 14.6. The number of Topliss-reactive ketones (excluding diaryl/α,β-unsaturated/α-hetero) is 1. The van der Waals surface area contributed by atoms with Crippen LogP contribution in [0.2, 0.25) is 0 Å². The van der Waals surface area contributed by atoms with Crippen molar-refractivity contribution in [2.45, 2.75) is 51.0 Å². The fourth-order valence-electron chi connectivity index (χ4n) is 4.42. The minimum Gasteiger partial charge on any atom is -0.319 e. The fraction of sp³-hybridized carbons (Fsp3) is 0.375. The lowest BCUT2D eigenvalue weighted by molar-refractivity contribution is -0.131. The first kappa shape index (κ1) is 19.4. The number of aryl methyl sites for hydroxylation is 2. The fourth-order valence-corrected chi connectivity index (χ4v) is 4.42. The molecule has 0 spiro atoms. The number of urea groups is 1. The Hall–Kier alpha value is -2.95. The van der Waals surface area contributed by atoms with Gasteiger partial charge in [0.05, 0.1) is 6.54 Å². The van der Waals surface area contributed by atoms with Gasteiger partial charge in [-0.1, -0.05) is 62.2 Å². The number of rotatable bonds is 7. The molecular weight excluding hydrogens is 364 g/mol. The number of carbonyl (C=O) groups is 3. The number of fused-ring (bicyclic) bond motifs is 1. The Labute approximate surface area is 171 Å². The lowest BCUT2D eigenvalue weighted by atomic mass is 9.85. The van der Waals surface area contributed by atoms with E-state index in [0.717, 1.165) is 42.6 Å². The Balaban J connectivity index is 1.59. The number of imide groups is 1. The van der Waals surface area contributed by atoms with Crippen molar-refractivity contribution in [1.82, 2.24) is 10.2 Å². The third-order valence-electron chi connectivity index (χ3n) is 6.07. The summed E-state index contributed by atoms with van der Waals surface area (Å²) in [5.74, 6) is -0.542. The molecule has 5 nitrogen and oxygen atoms in total. The number of carbonyl (C=O) groups excluding carboxylic acids is 3. The molecule has 0 aromatic heterocycles. The van der Waals surface area contributed by atoms with E-state index in [1.807, 2.05) is 48.5 Å². The topological polar surface area (TPSA) is 66.5 Å². The van der Waals surface area contributed by atoms with Gasteiger partial charge in [-0.25, -0.2) is 4.79 Å². The van der Waals surface area contributed by atoms with Crippen LogP contribution in [0, 0.1) is 0 Å². The molecule has 0 radical (unpaired) electrons. The number of nitrogens with one attached hydrogen (secondary N) is 1. The van der Waals surface area contributed by atoms with E-state index in [9.17, 15) is 14.4 Å². The van der Waals surface area contributed by atoms with Crippen molar-refractivity contribution < 1.29 is 14.4 Å². The van der Waals surface area contributed by atoms with Crippen LogP contribution in [-0.2, 0) is 23.2 Å². The smallest absolute Gasteiger partial charge is 0.319 e. The van der Waals surface area contributed by atoms with Gasteiger partial charge < -0.3 is 5.32 Å². The van der Waals surface area contributed by atoms with Gasteiger partial charge in [0.25, 0.3) is 5.91 Å². The number of unbranched alkanes of at least 4 members (excludes halogenated alkanes) is 1. The van der Waals surface area contributed by atoms with E-state index >= 15 is 0 Å². The van der Waals surface area contributed by atoms with Gasteiger partial charge in [-0.05, 0) is 48.4 Å². The minimum absolute atomic E-state index is 0.206. The minimum atomic E-state index is -1.09. The molecule has 1 N–H and O–H groups in total. The largest absolute Gasteiger partial charge is 0.325 e. The Morgan fingerprint density at radius 3 is 2.59 bits per heavy atom. The number of benzene rings is 2. The van der Waals surface area contributed by atoms with Crippen LogP contribution < -0.4 is 5.32 Å². The summed E-state index contributed by atoms with van der Waals surface area (Å²) >= 11 is 0. The summed E-state index contributed by atoms with van der Waals surface area (Å²) in [6.07, 6.45) is 5.36. The molecule has 0 saturated carbocycles. The molecule has 4 rings (SSSR count). The van der Waals surface area contributed by atoms with E-state index in [4.69, 9.17) is 0 Å². The molecule has 0 bridgehead atoms. The van der Waals surface area contributed by atoms with Crippen LogP contribution in [-0.4, -0.2) is 29.2 Å². The molecule has 1 aliphatic heterocycles. The maximum atomic E-state index is 13.4. The molecule has 150 valence electrons. The molecular formula is C24H26N2O3. The van der Waals surface area contributed by atoms with Crippen molar-refractivity contribution in [2.24, 2.45) is 0 Å². The molecule has 2 aromatic carbocycles. The zero-order chi connectivity index (χ0) is 20.4. The number of nitrogens with zero attached hydrogens (tertiary/aromatic N) is 1. The molecule has 1 unspecified atom stereocenters. The Kier molecular flexibility index (Phi) is 5.22. The van der Waals surface area contributed by atoms with Crippen LogP contribution in [0.15, 0.2) is 48.5 Å². The highest BCUT2D eigenvalue weighted by Crippen LogP contribution is 2.34. The summed E-state index contributed by atoms with van der Waals surface area (Å²) < 4.78 is 0. The molecule has 1 fully saturated rings. The quantitative estimate of drug-likeness (QED) is 0.574. The average molecular weight is 390 g/mol. The monoisotopic (exact) mass is 390 g/mol. The first-order chi connectivity index (χ1) is 14.0. The first-order valence-corrected chi connectivity index (χ1v) is 10.4. The van der Waals surface area contributed by atoms with Crippen LogP contribution in [0.25, 0.3) is 0 Å².